The number of likely N-dealkylation sites (N-methyl/N-ethyl adjacent to an activating group) is 1. The zero-order chi connectivity index (χ0) is 41.1. The number of nitrogens with zero attached hydrogens (tertiary/aromatic N) is 1. The van der Waals surface area contributed by atoms with Crippen LogP contribution in [0.5, 0.6) is 0 Å². The van der Waals surface area contributed by atoms with Gasteiger partial charge in [0.1, 0.15) is 23.7 Å². The molecule has 310 valence electrons. The molecule has 1 aliphatic heterocycles. The van der Waals surface area contributed by atoms with E-state index in [4.69, 9.17) is 0 Å². The second-order valence-corrected chi connectivity index (χ2v) is 16.0. The molecule has 0 aliphatic carbocycles. The molecule has 1 saturated heterocycles. The van der Waals surface area contributed by atoms with Crippen LogP contribution in [0.25, 0.3) is 0 Å². The first-order valence-electron chi connectivity index (χ1n) is 20.4. The van der Waals surface area contributed by atoms with Crippen molar-refractivity contribution in [2.75, 3.05) is 45.8 Å². The van der Waals surface area contributed by atoms with Gasteiger partial charge in [-0.15, -0.1) is 0 Å². The first kappa shape index (κ1) is 46.1. The number of hydrogen-bond acceptors (Lipinski definition) is 8. The number of unbranched alkanes of at least 4 members (excludes halogenated alkanes) is 1. The fraction of sp³-hybridized carbons (Fsp3) is 0.605. The molecule has 1 heterocycles. The lowest BCUT2D eigenvalue weighted by Crippen LogP contribution is -2.61. The molecule has 2 aromatic rings. The van der Waals surface area contributed by atoms with Crippen molar-refractivity contribution in [2.45, 2.75) is 116 Å². The van der Waals surface area contributed by atoms with Crippen molar-refractivity contribution < 1.29 is 29.1 Å². The maximum absolute atomic E-state index is 14.1. The van der Waals surface area contributed by atoms with E-state index in [-0.39, 0.29) is 62.0 Å². The summed E-state index contributed by atoms with van der Waals surface area (Å²) in [4.78, 5) is 69.2. The van der Waals surface area contributed by atoms with Crippen LogP contribution < -0.4 is 31.9 Å². The average molecular weight is 778 g/mol. The molecule has 4 amide bonds. The van der Waals surface area contributed by atoms with E-state index in [9.17, 15) is 29.1 Å². The Morgan fingerprint density at radius 3 is 1.98 bits per heavy atom. The lowest BCUT2D eigenvalue weighted by molar-refractivity contribution is -0.150. The molecule has 0 saturated carbocycles. The van der Waals surface area contributed by atoms with E-state index in [0.717, 1.165) is 30.6 Å². The van der Waals surface area contributed by atoms with Crippen LogP contribution >= 0.6 is 0 Å². The van der Waals surface area contributed by atoms with Gasteiger partial charge in [-0.1, -0.05) is 102 Å². The Bertz CT molecular complexity index is 1530. The molecule has 56 heavy (non-hydrogen) atoms. The minimum absolute atomic E-state index is 0.000894. The van der Waals surface area contributed by atoms with Crippen molar-refractivity contribution in [3.63, 3.8) is 0 Å². The molecule has 0 bridgehead atoms. The number of aliphatic carboxylic acids is 1. The van der Waals surface area contributed by atoms with Gasteiger partial charge in [0.15, 0.2) is 0 Å². The number of likely N-dealkylation sites (tertiary alicyclic amines) is 1. The summed E-state index contributed by atoms with van der Waals surface area (Å²) in [5.41, 5.74) is 0.668. The van der Waals surface area contributed by atoms with Gasteiger partial charge in [0, 0.05) is 31.5 Å². The highest BCUT2D eigenvalue weighted by molar-refractivity contribution is 5.94. The number of carboxylic acid groups (broad SMARTS) is 1. The predicted octanol–water partition coefficient (Wildman–Crippen LogP) is 3.13. The third-order valence-corrected chi connectivity index (χ3v) is 10.5. The molecule has 0 aromatic heterocycles. The van der Waals surface area contributed by atoms with E-state index in [1.807, 2.05) is 76.2 Å². The third kappa shape index (κ3) is 14.6. The Morgan fingerprint density at radius 1 is 0.786 bits per heavy atom. The van der Waals surface area contributed by atoms with Gasteiger partial charge in [-0.25, -0.2) is 0 Å². The molecule has 1 fully saturated rings. The van der Waals surface area contributed by atoms with Gasteiger partial charge < -0.3 is 41.9 Å². The van der Waals surface area contributed by atoms with Gasteiger partial charge >= 0.3 is 5.97 Å². The van der Waals surface area contributed by atoms with Crippen molar-refractivity contribution >= 4 is 29.6 Å². The Hall–Kier alpha value is -4.33. The first-order valence-corrected chi connectivity index (χ1v) is 20.4. The largest absolute Gasteiger partial charge is 0.480 e. The van der Waals surface area contributed by atoms with E-state index in [0.29, 0.717) is 32.4 Å². The number of carbonyl (C=O) groups is 5. The molecular formula is C43H67N7O6. The van der Waals surface area contributed by atoms with Crippen LogP contribution in [-0.4, -0.2) is 109 Å². The standard InChI is InChI=1S/C43H67N7O6/c1-7-44-24-16-15-21-34(40(54)50-25-22-43(23-26-50,41(55)56)46-8-2)48-38(52)35(27-31(3)4)49-39(53)36(28-32-17-11-9-12-18-32)47-37(51)29-45-30-42(5,6)33-19-13-10-14-20-33/h9-14,17-20,31,34-36,44-46H,7-8,15-16,21-30H2,1-6H3,(H,47,51)(H,48,52)(H,49,53)(H,55,56)/t34-,35-,36-/m1/s1. The van der Waals surface area contributed by atoms with Gasteiger partial charge in [-0.05, 0) is 75.2 Å². The topological polar surface area (TPSA) is 181 Å². The first-order chi connectivity index (χ1) is 26.7. The van der Waals surface area contributed by atoms with Gasteiger partial charge in [-0.2, -0.15) is 0 Å². The number of nitrogens with one attached hydrogen (secondary N) is 6. The summed E-state index contributed by atoms with van der Waals surface area (Å²) < 4.78 is 0. The number of benzene rings is 2. The van der Waals surface area contributed by atoms with Crippen LogP contribution in [-0.2, 0) is 35.8 Å². The van der Waals surface area contributed by atoms with E-state index in [2.05, 4.69) is 57.9 Å². The Morgan fingerprint density at radius 2 is 1.39 bits per heavy atom. The lowest BCUT2D eigenvalue weighted by atomic mass is 9.84. The summed E-state index contributed by atoms with van der Waals surface area (Å²) in [6.45, 7) is 15.1. The van der Waals surface area contributed by atoms with Gasteiger partial charge in [0.2, 0.25) is 23.6 Å². The molecule has 3 rings (SSSR count). The number of amides is 4. The zero-order valence-electron chi connectivity index (χ0n) is 34.4. The van der Waals surface area contributed by atoms with E-state index < -0.39 is 41.4 Å². The fourth-order valence-corrected chi connectivity index (χ4v) is 7.20. The zero-order valence-corrected chi connectivity index (χ0v) is 34.4. The number of carboxylic acids is 1. The van der Waals surface area contributed by atoms with Crippen LogP contribution in [0.4, 0.5) is 0 Å². The third-order valence-electron chi connectivity index (χ3n) is 10.5. The van der Waals surface area contributed by atoms with Crippen LogP contribution in [0, 0.1) is 5.92 Å². The average Bonchev–Trinajstić information content (AvgIpc) is 3.17. The molecule has 7 N–H and O–H groups in total. The predicted molar refractivity (Wildman–Crippen MR) is 220 cm³/mol. The van der Waals surface area contributed by atoms with Crippen LogP contribution in [0.2, 0.25) is 0 Å². The minimum atomic E-state index is -1.09. The van der Waals surface area contributed by atoms with Crippen LogP contribution in [0.1, 0.15) is 91.2 Å². The molecule has 0 unspecified atom stereocenters. The number of hydrogen-bond donors (Lipinski definition) is 7. The summed E-state index contributed by atoms with van der Waals surface area (Å²) in [5, 5.41) is 28.4. The summed E-state index contributed by atoms with van der Waals surface area (Å²) in [6, 6.07) is 16.7. The smallest absolute Gasteiger partial charge is 0.324 e. The molecule has 13 nitrogen and oxygen atoms in total. The maximum atomic E-state index is 14.1. The highest BCUT2D eigenvalue weighted by Crippen LogP contribution is 2.24. The Kier molecular flexibility index (Phi) is 18.9. The summed E-state index contributed by atoms with van der Waals surface area (Å²) in [6.07, 6.45) is 2.92. The molecule has 13 heteroatoms. The second-order valence-electron chi connectivity index (χ2n) is 16.0. The molecule has 0 spiro atoms. The van der Waals surface area contributed by atoms with E-state index >= 15 is 0 Å². The molecule has 1 aliphatic rings. The van der Waals surface area contributed by atoms with Gasteiger partial charge in [-0.3, -0.25) is 24.0 Å². The van der Waals surface area contributed by atoms with E-state index in [1.165, 1.54) is 0 Å². The number of carbonyl (C=O) groups excluding carboxylic acids is 4. The van der Waals surface area contributed by atoms with Crippen LogP contribution in [0.15, 0.2) is 60.7 Å². The van der Waals surface area contributed by atoms with Crippen molar-refractivity contribution in [3.8, 4) is 0 Å². The normalized spacial score (nSPS) is 15.7. The monoisotopic (exact) mass is 778 g/mol. The highest BCUT2D eigenvalue weighted by Gasteiger charge is 2.43. The molecular weight excluding hydrogens is 711 g/mol. The van der Waals surface area contributed by atoms with Crippen molar-refractivity contribution in [3.05, 3.63) is 71.8 Å². The highest BCUT2D eigenvalue weighted by atomic mass is 16.4. The Labute approximate surface area is 333 Å². The van der Waals surface area contributed by atoms with Gasteiger partial charge in [0.05, 0.1) is 6.54 Å². The summed E-state index contributed by atoms with van der Waals surface area (Å²) in [5.74, 6) is -2.49. The minimum Gasteiger partial charge on any atom is -0.480 e. The maximum Gasteiger partial charge on any atom is 0.324 e. The van der Waals surface area contributed by atoms with Crippen molar-refractivity contribution in [2.24, 2.45) is 5.92 Å². The number of rotatable bonds is 24. The number of piperidine rings is 1. The van der Waals surface area contributed by atoms with Gasteiger partial charge in [0.25, 0.3) is 0 Å². The summed E-state index contributed by atoms with van der Waals surface area (Å²) >= 11 is 0. The SMILES string of the molecule is CCNCCCC[C@@H](NC(=O)[C@@H](CC(C)C)NC(=O)[C@@H](Cc1ccccc1)NC(=O)CNCC(C)(C)c1ccccc1)C(=O)N1CCC(NCC)(C(=O)O)CC1. The quantitative estimate of drug-likeness (QED) is 0.0789. The van der Waals surface area contributed by atoms with Crippen LogP contribution in [0.3, 0.4) is 0 Å². The fourth-order valence-electron chi connectivity index (χ4n) is 7.20. The second kappa shape index (κ2) is 23.0. The summed E-state index contributed by atoms with van der Waals surface area (Å²) in [7, 11) is 0. The molecule has 0 radical (unpaired) electrons. The van der Waals surface area contributed by atoms with E-state index in [1.54, 1.807) is 4.90 Å². The van der Waals surface area contributed by atoms with Crippen molar-refractivity contribution in [1.29, 1.82) is 0 Å². The lowest BCUT2D eigenvalue weighted by Gasteiger charge is -2.40. The van der Waals surface area contributed by atoms with Crippen molar-refractivity contribution in [1.82, 2.24) is 36.8 Å². The Balaban J connectivity index is 1.75. The molecule has 2 aromatic carbocycles. The molecule has 3 atom stereocenters.